The van der Waals surface area contributed by atoms with Crippen molar-refractivity contribution < 1.29 is 14.3 Å². The molecule has 0 bridgehead atoms. The third-order valence-corrected chi connectivity index (χ3v) is 4.98. The topological polar surface area (TPSA) is 51.1 Å². The van der Waals surface area contributed by atoms with Crippen LogP contribution in [0.25, 0.3) is 5.57 Å². The molecule has 1 aromatic carbocycles. The Labute approximate surface area is 146 Å². The van der Waals surface area contributed by atoms with Gasteiger partial charge in [0.1, 0.15) is 5.75 Å². The Kier molecular flexibility index (Phi) is 5.37. The van der Waals surface area contributed by atoms with E-state index in [2.05, 4.69) is 9.89 Å². The van der Waals surface area contributed by atoms with Crippen LogP contribution in [0.4, 0.5) is 0 Å². The first-order valence-corrected chi connectivity index (χ1v) is 8.65. The minimum absolute atomic E-state index is 0.166. The fraction of sp³-hybridized carbons (Fsp3) is 0.333. The van der Waals surface area contributed by atoms with Crippen LogP contribution in [0.1, 0.15) is 12.5 Å². The maximum Gasteiger partial charge on any atom is 0.286 e. The number of thioether (sulfide) groups is 1. The number of aliphatic imine (C=N–C) groups is 1. The summed E-state index contributed by atoms with van der Waals surface area (Å²) in [7, 11) is 1.65. The molecule has 6 heteroatoms. The second-order valence-electron chi connectivity index (χ2n) is 5.51. The normalized spacial score (nSPS) is 20.5. The van der Waals surface area contributed by atoms with Gasteiger partial charge in [-0.3, -0.25) is 4.79 Å². The predicted molar refractivity (Wildman–Crippen MR) is 97.2 cm³/mol. The van der Waals surface area contributed by atoms with Crippen LogP contribution in [-0.2, 0) is 9.53 Å². The van der Waals surface area contributed by atoms with Gasteiger partial charge in [-0.2, -0.15) is 4.99 Å². The largest absolute Gasteiger partial charge is 0.497 e. The molecule has 0 aromatic heterocycles. The number of carbonyl (C=O) groups excluding carboxylic acids is 1. The van der Waals surface area contributed by atoms with E-state index in [0.717, 1.165) is 35.1 Å². The zero-order valence-corrected chi connectivity index (χ0v) is 14.6. The van der Waals surface area contributed by atoms with E-state index in [4.69, 9.17) is 9.47 Å². The summed E-state index contributed by atoms with van der Waals surface area (Å²) in [4.78, 5) is 19.0. The van der Waals surface area contributed by atoms with Crippen LogP contribution in [0.3, 0.4) is 0 Å². The lowest BCUT2D eigenvalue weighted by Crippen LogP contribution is -2.38. The standard InChI is InChI=1S/C18H20N2O3S/c1-13(14-4-6-15(22-2)7-5-14)3-8-16-17(21)19-18(24-16)20-9-11-23-12-10-20/h3-8H,9-12H2,1-2H3/b13-3-,16-8+. The first-order valence-electron chi connectivity index (χ1n) is 7.84. The highest BCUT2D eigenvalue weighted by atomic mass is 32.2. The molecule has 0 saturated carbocycles. The quantitative estimate of drug-likeness (QED) is 0.789. The molecule has 5 nitrogen and oxygen atoms in total. The predicted octanol–water partition coefficient (Wildman–Crippen LogP) is 2.94. The minimum atomic E-state index is -0.166. The summed E-state index contributed by atoms with van der Waals surface area (Å²) >= 11 is 1.44. The van der Waals surface area contributed by atoms with Crippen molar-refractivity contribution in [2.24, 2.45) is 4.99 Å². The van der Waals surface area contributed by atoms with Crippen LogP contribution >= 0.6 is 11.8 Å². The molecule has 2 aliphatic rings. The van der Waals surface area contributed by atoms with Gasteiger partial charge in [-0.1, -0.05) is 18.2 Å². The van der Waals surface area contributed by atoms with Crippen molar-refractivity contribution >= 4 is 28.4 Å². The van der Waals surface area contributed by atoms with Crippen LogP contribution in [0.5, 0.6) is 5.75 Å². The first-order chi connectivity index (χ1) is 11.7. The van der Waals surface area contributed by atoms with Crippen molar-refractivity contribution in [1.29, 1.82) is 0 Å². The molecular weight excluding hydrogens is 324 g/mol. The SMILES string of the molecule is COc1ccc(/C(C)=C\C=C2\SC(N3CCOCC3)=NC2=O)cc1. The number of methoxy groups -OCH3 is 1. The zero-order valence-electron chi connectivity index (χ0n) is 13.8. The Morgan fingerprint density at radius 3 is 2.67 bits per heavy atom. The molecule has 0 aliphatic carbocycles. The number of morpholine rings is 1. The smallest absolute Gasteiger partial charge is 0.286 e. The molecule has 2 heterocycles. The van der Waals surface area contributed by atoms with E-state index >= 15 is 0 Å². The Balaban J connectivity index is 1.68. The molecule has 0 unspecified atom stereocenters. The number of rotatable bonds is 3. The van der Waals surface area contributed by atoms with E-state index in [1.165, 1.54) is 11.8 Å². The van der Waals surface area contributed by atoms with Crippen molar-refractivity contribution in [2.45, 2.75) is 6.92 Å². The maximum atomic E-state index is 12.1. The van der Waals surface area contributed by atoms with Crippen LogP contribution in [0, 0.1) is 0 Å². The van der Waals surface area contributed by atoms with E-state index < -0.39 is 0 Å². The van der Waals surface area contributed by atoms with Crippen molar-refractivity contribution in [3.05, 3.63) is 46.9 Å². The molecule has 0 spiro atoms. The molecule has 1 aromatic rings. The average molecular weight is 344 g/mol. The van der Waals surface area contributed by atoms with Gasteiger partial charge in [0.05, 0.1) is 25.2 Å². The molecule has 0 N–H and O–H groups in total. The van der Waals surface area contributed by atoms with Crippen LogP contribution in [0.15, 0.2) is 46.3 Å². The zero-order chi connectivity index (χ0) is 16.9. The molecule has 1 amide bonds. The summed E-state index contributed by atoms with van der Waals surface area (Å²) in [6.07, 6.45) is 3.81. The summed E-state index contributed by atoms with van der Waals surface area (Å²) in [5.41, 5.74) is 2.18. The molecule has 24 heavy (non-hydrogen) atoms. The van der Waals surface area contributed by atoms with Gasteiger partial charge in [-0.15, -0.1) is 0 Å². The second-order valence-corrected chi connectivity index (χ2v) is 6.52. The highest BCUT2D eigenvalue weighted by Gasteiger charge is 2.26. The van der Waals surface area contributed by atoms with E-state index in [9.17, 15) is 4.79 Å². The number of allylic oxidation sites excluding steroid dienone is 3. The molecule has 2 aliphatic heterocycles. The Morgan fingerprint density at radius 2 is 2.00 bits per heavy atom. The fourth-order valence-corrected chi connectivity index (χ4v) is 3.36. The van der Waals surface area contributed by atoms with Gasteiger partial charge in [-0.25, -0.2) is 0 Å². The van der Waals surface area contributed by atoms with Crippen molar-refractivity contribution in [1.82, 2.24) is 4.90 Å². The number of hydrogen-bond donors (Lipinski definition) is 0. The molecule has 1 fully saturated rings. The van der Waals surface area contributed by atoms with Gasteiger partial charge in [0.15, 0.2) is 5.17 Å². The number of amides is 1. The van der Waals surface area contributed by atoms with Crippen molar-refractivity contribution in [2.75, 3.05) is 33.4 Å². The van der Waals surface area contributed by atoms with Gasteiger partial charge >= 0.3 is 0 Å². The maximum absolute atomic E-state index is 12.1. The number of ether oxygens (including phenoxy) is 2. The van der Waals surface area contributed by atoms with Crippen LogP contribution in [0.2, 0.25) is 0 Å². The summed E-state index contributed by atoms with van der Waals surface area (Å²) < 4.78 is 10.5. The lowest BCUT2D eigenvalue weighted by Gasteiger charge is -2.27. The average Bonchev–Trinajstić information content (AvgIpc) is 3.01. The third kappa shape index (κ3) is 3.88. The van der Waals surface area contributed by atoms with E-state index in [0.29, 0.717) is 18.1 Å². The Morgan fingerprint density at radius 1 is 1.29 bits per heavy atom. The highest BCUT2D eigenvalue weighted by Crippen LogP contribution is 2.29. The molecule has 0 atom stereocenters. The van der Waals surface area contributed by atoms with Crippen LogP contribution < -0.4 is 4.74 Å². The molecule has 0 radical (unpaired) electrons. The van der Waals surface area contributed by atoms with Crippen LogP contribution in [-0.4, -0.2) is 49.4 Å². The Hall–Kier alpha value is -2.05. The molecule has 1 saturated heterocycles. The van der Waals surface area contributed by atoms with E-state index in [1.807, 2.05) is 43.3 Å². The highest BCUT2D eigenvalue weighted by molar-refractivity contribution is 8.18. The number of carbonyl (C=O) groups is 1. The van der Waals surface area contributed by atoms with Gasteiger partial charge in [0.2, 0.25) is 0 Å². The summed E-state index contributed by atoms with van der Waals surface area (Å²) in [6, 6.07) is 7.86. The lowest BCUT2D eigenvalue weighted by molar-refractivity contribution is -0.113. The summed E-state index contributed by atoms with van der Waals surface area (Å²) in [5.74, 6) is 0.662. The van der Waals surface area contributed by atoms with Gasteiger partial charge < -0.3 is 14.4 Å². The summed E-state index contributed by atoms with van der Waals surface area (Å²) in [6.45, 7) is 4.96. The van der Waals surface area contributed by atoms with E-state index in [1.54, 1.807) is 7.11 Å². The lowest BCUT2D eigenvalue weighted by atomic mass is 10.1. The van der Waals surface area contributed by atoms with Gasteiger partial charge in [0.25, 0.3) is 5.91 Å². The molecular formula is C18H20N2O3S. The van der Waals surface area contributed by atoms with E-state index in [-0.39, 0.29) is 5.91 Å². The number of hydrogen-bond acceptors (Lipinski definition) is 5. The minimum Gasteiger partial charge on any atom is -0.497 e. The second kappa shape index (κ2) is 7.68. The monoisotopic (exact) mass is 344 g/mol. The molecule has 3 rings (SSSR count). The molecule has 126 valence electrons. The third-order valence-electron chi connectivity index (χ3n) is 3.92. The van der Waals surface area contributed by atoms with Crippen molar-refractivity contribution in [3.63, 3.8) is 0 Å². The number of amidine groups is 1. The van der Waals surface area contributed by atoms with Crippen molar-refractivity contribution in [3.8, 4) is 5.75 Å². The first kappa shape index (κ1) is 16.8. The van der Waals surface area contributed by atoms with Gasteiger partial charge in [0, 0.05) is 13.1 Å². The number of nitrogens with zero attached hydrogens (tertiary/aromatic N) is 2. The fourth-order valence-electron chi connectivity index (χ4n) is 2.45. The summed E-state index contributed by atoms with van der Waals surface area (Å²) in [5, 5.41) is 0.782. The van der Waals surface area contributed by atoms with Gasteiger partial charge in [-0.05, 0) is 48.0 Å². The Bertz CT molecular complexity index is 701. The number of benzene rings is 1.